The van der Waals surface area contributed by atoms with Gasteiger partial charge in [0.2, 0.25) is 5.88 Å². The average molecular weight is 493 g/mol. The van der Waals surface area contributed by atoms with E-state index >= 15 is 0 Å². The predicted octanol–water partition coefficient (Wildman–Crippen LogP) is 1.91. The molecular formula is C22H29FN6O4S. The van der Waals surface area contributed by atoms with Crippen molar-refractivity contribution in [1.82, 2.24) is 23.7 Å². The lowest BCUT2D eigenvalue weighted by molar-refractivity contribution is 0.0729. The van der Waals surface area contributed by atoms with E-state index < -0.39 is 33.4 Å². The number of ether oxygens (including phenoxy) is 1. The van der Waals surface area contributed by atoms with Crippen molar-refractivity contribution in [3.63, 3.8) is 0 Å². The normalized spacial score (nSPS) is 17.5. The summed E-state index contributed by atoms with van der Waals surface area (Å²) < 4.78 is 48.5. The maximum atomic E-state index is 13.3. The first-order chi connectivity index (χ1) is 15.9. The number of aromatic nitrogens is 2. The standard InChI is InChI=1S/C22H29FN6O4S/c1-22(2,3)21(30)29-20(33-14-15-6-8-16(23)9-7-15)17(12-24)19(26-29)18-13-25-10-11-28(18)34(31,32)27(4)5/h6-9,18,25H,10-11,13-14H2,1-5H3. The van der Waals surface area contributed by atoms with Gasteiger partial charge >= 0.3 is 0 Å². The summed E-state index contributed by atoms with van der Waals surface area (Å²) in [5.74, 6) is -0.895. The van der Waals surface area contributed by atoms with Crippen molar-refractivity contribution in [1.29, 1.82) is 5.26 Å². The molecule has 0 aliphatic carbocycles. The van der Waals surface area contributed by atoms with Crippen LogP contribution in [-0.2, 0) is 16.8 Å². The third kappa shape index (κ3) is 5.12. The second-order valence-corrected chi connectivity index (χ2v) is 11.3. The second kappa shape index (κ2) is 9.79. The first-order valence-corrected chi connectivity index (χ1v) is 12.1. The van der Waals surface area contributed by atoms with Crippen LogP contribution in [0.3, 0.4) is 0 Å². The maximum absolute atomic E-state index is 13.3. The van der Waals surface area contributed by atoms with Gasteiger partial charge in [0.25, 0.3) is 16.1 Å². The summed E-state index contributed by atoms with van der Waals surface area (Å²) in [7, 11) is -0.969. The Morgan fingerprint density at radius 2 is 1.97 bits per heavy atom. The lowest BCUT2D eigenvalue weighted by atomic mass is 9.96. The van der Waals surface area contributed by atoms with E-state index in [-0.39, 0.29) is 36.8 Å². The van der Waals surface area contributed by atoms with E-state index in [1.807, 2.05) is 0 Å². The van der Waals surface area contributed by atoms with Crippen LogP contribution in [0.25, 0.3) is 0 Å². The van der Waals surface area contributed by atoms with Crippen LogP contribution in [0.5, 0.6) is 5.88 Å². The number of nitrogens with zero attached hydrogens (tertiary/aromatic N) is 5. The quantitative estimate of drug-likeness (QED) is 0.654. The monoisotopic (exact) mass is 492 g/mol. The van der Waals surface area contributed by atoms with Crippen LogP contribution in [0.15, 0.2) is 24.3 Å². The number of nitriles is 1. The lowest BCUT2D eigenvalue weighted by Gasteiger charge is -2.35. The summed E-state index contributed by atoms with van der Waals surface area (Å²) in [5, 5.41) is 17.6. The molecule has 12 heteroatoms. The molecule has 1 aromatic carbocycles. The van der Waals surface area contributed by atoms with E-state index in [1.54, 1.807) is 20.8 Å². The number of carbonyl (C=O) groups is 1. The molecule has 3 rings (SSSR count). The van der Waals surface area contributed by atoms with Gasteiger partial charge in [-0.3, -0.25) is 4.79 Å². The molecule has 1 unspecified atom stereocenters. The molecular weight excluding hydrogens is 463 g/mol. The fourth-order valence-corrected chi connectivity index (χ4v) is 4.72. The number of benzene rings is 1. The highest BCUT2D eigenvalue weighted by atomic mass is 32.2. The van der Waals surface area contributed by atoms with Crippen LogP contribution < -0.4 is 10.1 Å². The Morgan fingerprint density at radius 3 is 2.53 bits per heavy atom. The van der Waals surface area contributed by atoms with E-state index in [9.17, 15) is 22.9 Å². The topological polar surface area (TPSA) is 121 Å². The molecule has 184 valence electrons. The van der Waals surface area contributed by atoms with Gasteiger partial charge in [-0.25, -0.2) is 4.39 Å². The third-order valence-electron chi connectivity index (χ3n) is 5.37. The van der Waals surface area contributed by atoms with Crippen LogP contribution >= 0.6 is 0 Å². The Bertz CT molecular complexity index is 1200. The van der Waals surface area contributed by atoms with Crippen LogP contribution in [0.2, 0.25) is 0 Å². The molecule has 34 heavy (non-hydrogen) atoms. The first-order valence-electron chi connectivity index (χ1n) is 10.7. The van der Waals surface area contributed by atoms with Crippen molar-refractivity contribution in [3.05, 3.63) is 46.9 Å². The zero-order chi connectivity index (χ0) is 25.3. The average Bonchev–Trinajstić information content (AvgIpc) is 3.15. The van der Waals surface area contributed by atoms with Gasteiger partial charge in [-0.15, -0.1) is 0 Å². The summed E-state index contributed by atoms with van der Waals surface area (Å²) in [6, 6.07) is 6.86. The Kier molecular flexibility index (Phi) is 7.42. The maximum Gasteiger partial charge on any atom is 0.282 e. The van der Waals surface area contributed by atoms with Crippen molar-refractivity contribution in [2.75, 3.05) is 33.7 Å². The molecule has 0 bridgehead atoms. The predicted molar refractivity (Wildman–Crippen MR) is 123 cm³/mol. The van der Waals surface area contributed by atoms with Crippen molar-refractivity contribution in [2.45, 2.75) is 33.4 Å². The van der Waals surface area contributed by atoms with Gasteiger partial charge in [-0.05, 0) is 17.7 Å². The number of carbonyl (C=O) groups excluding carboxylic acids is 1. The van der Waals surface area contributed by atoms with Gasteiger partial charge in [0, 0.05) is 39.1 Å². The van der Waals surface area contributed by atoms with Crippen LogP contribution in [0.4, 0.5) is 4.39 Å². The van der Waals surface area contributed by atoms with Crippen LogP contribution in [0, 0.1) is 22.6 Å². The molecule has 1 aliphatic rings. The summed E-state index contributed by atoms with van der Waals surface area (Å²) in [6.45, 7) is 5.88. The number of nitrogens with one attached hydrogen (secondary N) is 1. The highest BCUT2D eigenvalue weighted by Crippen LogP contribution is 2.34. The molecule has 1 fully saturated rings. The highest BCUT2D eigenvalue weighted by molar-refractivity contribution is 7.86. The van der Waals surface area contributed by atoms with E-state index in [0.29, 0.717) is 12.1 Å². The molecule has 2 heterocycles. The van der Waals surface area contributed by atoms with Gasteiger partial charge in [0.15, 0.2) is 0 Å². The van der Waals surface area contributed by atoms with Crippen molar-refractivity contribution in [2.24, 2.45) is 5.41 Å². The van der Waals surface area contributed by atoms with E-state index in [0.717, 1.165) is 8.99 Å². The smallest absolute Gasteiger partial charge is 0.282 e. The van der Waals surface area contributed by atoms with Crippen molar-refractivity contribution >= 4 is 16.1 Å². The molecule has 1 saturated heterocycles. The first kappa shape index (κ1) is 25.8. The van der Waals surface area contributed by atoms with Gasteiger partial charge in [0.1, 0.15) is 29.8 Å². The van der Waals surface area contributed by atoms with Gasteiger partial charge in [-0.1, -0.05) is 32.9 Å². The minimum Gasteiger partial charge on any atom is -0.472 e. The molecule has 1 atom stereocenters. The second-order valence-electron chi connectivity index (χ2n) is 9.18. The van der Waals surface area contributed by atoms with Gasteiger partial charge in [0.05, 0.1) is 6.04 Å². The van der Waals surface area contributed by atoms with Crippen LogP contribution in [0.1, 0.15) is 48.4 Å². The van der Waals surface area contributed by atoms with E-state index in [1.165, 1.54) is 42.7 Å². The number of piperazine rings is 1. The molecule has 2 aromatic rings. The molecule has 10 nitrogen and oxygen atoms in total. The summed E-state index contributed by atoms with van der Waals surface area (Å²) in [5.41, 5.74) is -0.123. The minimum absolute atomic E-state index is 0.0210. The molecule has 1 N–H and O–H groups in total. The molecule has 0 spiro atoms. The molecule has 0 radical (unpaired) electrons. The fourth-order valence-electron chi connectivity index (χ4n) is 3.48. The fraction of sp³-hybridized carbons (Fsp3) is 0.500. The molecule has 0 amide bonds. The Balaban J connectivity index is 2.11. The highest BCUT2D eigenvalue weighted by Gasteiger charge is 2.40. The number of halogens is 1. The lowest BCUT2D eigenvalue weighted by Crippen LogP contribution is -2.52. The molecule has 0 saturated carbocycles. The number of rotatable bonds is 6. The van der Waals surface area contributed by atoms with Crippen molar-refractivity contribution < 1.29 is 22.3 Å². The zero-order valence-electron chi connectivity index (χ0n) is 19.9. The van der Waals surface area contributed by atoms with Crippen molar-refractivity contribution in [3.8, 4) is 11.9 Å². The minimum atomic E-state index is -3.83. The van der Waals surface area contributed by atoms with E-state index in [4.69, 9.17) is 4.74 Å². The number of hydrogen-bond donors (Lipinski definition) is 1. The Hall–Kier alpha value is -2.85. The van der Waals surface area contributed by atoms with Crippen LogP contribution in [-0.4, -0.2) is 66.4 Å². The van der Waals surface area contributed by atoms with Gasteiger partial charge < -0.3 is 10.1 Å². The largest absolute Gasteiger partial charge is 0.472 e. The molecule has 1 aromatic heterocycles. The molecule has 1 aliphatic heterocycles. The number of hydrogen-bond acceptors (Lipinski definition) is 7. The van der Waals surface area contributed by atoms with Gasteiger partial charge in [-0.2, -0.15) is 32.1 Å². The Labute approximate surface area is 199 Å². The summed E-state index contributed by atoms with van der Waals surface area (Å²) >= 11 is 0. The zero-order valence-corrected chi connectivity index (χ0v) is 20.7. The summed E-state index contributed by atoms with van der Waals surface area (Å²) in [6.07, 6.45) is 0. The van der Waals surface area contributed by atoms with E-state index in [2.05, 4.69) is 16.5 Å². The Morgan fingerprint density at radius 1 is 1.32 bits per heavy atom. The summed E-state index contributed by atoms with van der Waals surface area (Å²) in [4.78, 5) is 13.2. The SMILES string of the molecule is CN(C)S(=O)(=O)N1CCNCC1c1nn(C(=O)C(C)(C)C)c(OCc2ccc(F)cc2)c1C#N. The third-order valence-corrected chi connectivity index (χ3v) is 7.33.